The number of anilines is 1. The number of phenolic OH excluding ortho intramolecular Hbond substituents is 1. The Balaban J connectivity index is 1.30. The first-order valence-electron chi connectivity index (χ1n) is 17.0. The normalized spacial score (nSPS) is 27.1. The van der Waals surface area contributed by atoms with E-state index in [1.54, 1.807) is 12.1 Å². The summed E-state index contributed by atoms with van der Waals surface area (Å²) in [5, 5.41) is 11.8. The molecule has 2 aliphatic carbocycles. The average molecular weight is 668 g/mol. The molecule has 2 aliphatic heterocycles. The molecule has 9 heteroatoms. The number of nitrogens with zero attached hydrogens (tertiary/aromatic N) is 2. The lowest BCUT2D eigenvalue weighted by molar-refractivity contribution is -0.142. The number of hydrogen-bond donors (Lipinski definition) is 2. The standard InChI is InChI=1S/C41H37N3O6/c1-24-13-16-28(17-14-24)42-44-38(47)32-22-31-29(18-19-30-35(31)39(48)43(37(30)46)23-25-9-5-3-6-10-25)36(26-15-20-33(45)34(21-26)50-2)41(32,40(44)49)27-11-7-4-8-12-27/h3-18,20-21,30-32,35-36,42,45H,19,22-23H2,1-2H3/t30-,31+,32-,35-,36-,41+/m0/s1. The molecular weight excluding hydrogens is 630 g/mol. The van der Waals surface area contributed by atoms with Crippen LogP contribution in [0.5, 0.6) is 11.5 Å². The van der Waals surface area contributed by atoms with Crippen molar-refractivity contribution in [3.63, 3.8) is 0 Å². The average Bonchev–Trinajstić information content (AvgIpc) is 3.50. The van der Waals surface area contributed by atoms with Crippen LogP contribution in [0.1, 0.15) is 41.0 Å². The highest BCUT2D eigenvalue weighted by Crippen LogP contribution is 2.64. The minimum atomic E-state index is -1.40. The van der Waals surface area contributed by atoms with Gasteiger partial charge in [-0.2, -0.15) is 5.01 Å². The number of allylic oxidation sites excluding steroid dienone is 2. The van der Waals surface area contributed by atoms with E-state index in [1.807, 2.05) is 97.9 Å². The Morgan fingerprint density at radius 3 is 2.24 bits per heavy atom. The van der Waals surface area contributed by atoms with Crippen LogP contribution >= 0.6 is 0 Å². The van der Waals surface area contributed by atoms with Crippen molar-refractivity contribution >= 4 is 29.3 Å². The summed E-state index contributed by atoms with van der Waals surface area (Å²) in [4.78, 5) is 59.6. The number of aromatic hydroxyl groups is 1. The van der Waals surface area contributed by atoms with E-state index < -0.39 is 46.8 Å². The quantitative estimate of drug-likeness (QED) is 0.186. The van der Waals surface area contributed by atoms with Gasteiger partial charge in [-0.05, 0) is 66.6 Å². The Kier molecular flexibility index (Phi) is 7.58. The summed E-state index contributed by atoms with van der Waals surface area (Å²) in [5.41, 5.74) is 6.39. The highest BCUT2D eigenvalue weighted by Gasteiger charge is 2.70. The van der Waals surface area contributed by atoms with Crippen LogP contribution in [0, 0.1) is 30.6 Å². The number of carbonyl (C=O) groups excluding carboxylic acids is 4. The highest BCUT2D eigenvalue weighted by atomic mass is 16.5. The van der Waals surface area contributed by atoms with E-state index in [9.17, 15) is 19.5 Å². The molecule has 252 valence electrons. The Bertz CT molecular complexity index is 2050. The topological polar surface area (TPSA) is 116 Å². The molecule has 50 heavy (non-hydrogen) atoms. The highest BCUT2D eigenvalue weighted by molar-refractivity contribution is 6.13. The van der Waals surface area contributed by atoms with Crippen LogP contribution in [0.3, 0.4) is 0 Å². The molecule has 0 spiro atoms. The first-order chi connectivity index (χ1) is 24.2. The number of aryl methyl sites for hydroxylation is 1. The van der Waals surface area contributed by atoms with Crippen molar-refractivity contribution in [1.82, 2.24) is 9.91 Å². The lowest BCUT2D eigenvalue weighted by Gasteiger charge is -2.50. The van der Waals surface area contributed by atoms with Gasteiger partial charge in [-0.25, -0.2) is 0 Å². The van der Waals surface area contributed by atoms with Crippen molar-refractivity contribution in [2.75, 3.05) is 12.5 Å². The zero-order valence-corrected chi connectivity index (χ0v) is 27.8. The van der Waals surface area contributed by atoms with Gasteiger partial charge in [0.05, 0.1) is 42.5 Å². The fourth-order valence-corrected chi connectivity index (χ4v) is 8.98. The Labute approximate surface area is 290 Å². The van der Waals surface area contributed by atoms with Gasteiger partial charge < -0.3 is 9.84 Å². The Morgan fingerprint density at radius 2 is 1.54 bits per heavy atom. The van der Waals surface area contributed by atoms with Gasteiger partial charge in [0.1, 0.15) is 0 Å². The summed E-state index contributed by atoms with van der Waals surface area (Å²) in [6, 6.07) is 31.3. The van der Waals surface area contributed by atoms with Crippen molar-refractivity contribution in [2.24, 2.45) is 23.7 Å². The smallest absolute Gasteiger partial charge is 0.260 e. The molecular formula is C41H37N3O6. The number of methoxy groups -OCH3 is 1. The third-order valence-corrected chi connectivity index (χ3v) is 11.2. The van der Waals surface area contributed by atoms with Crippen LogP contribution < -0.4 is 10.2 Å². The molecule has 3 fully saturated rings. The van der Waals surface area contributed by atoms with Crippen molar-refractivity contribution in [2.45, 2.75) is 37.6 Å². The van der Waals surface area contributed by atoms with E-state index >= 15 is 4.79 Å². The van der Waals surface area contributed by atoms with Crippen molar-refractivity contribution < 1.29 is 29.0 Å². The van der Waals surface area contributed by atoms with Crippen molar-refractivity contribution in [3.05, 3.63) is 137 Å². The molecule has 8 rings (SSSR count). The van der Waals surface area contributed by atoms with Gasteiger partial charge in [-0.1, -0.05) is 96.1 Å². The number of nitrogens with one attached hydrogen (secondary N) is 1. The number of hydrogen-bond acceptors (Lipinski definition) is 7. The van der Waals surface area contributed by atoms with E-state index in [-0.39, 0.29) is 36.3 Å². The fraction of sp³-hybridized carbons (Fsp3) is 0.268. The molecule has 0 unspecified atom stereocenters. The molecule has 4 amide bonds. The third-order valence-electron chi connectivity index (χ3n) is 11.2. The number of phenols is 1. The molecule has 9 nitrogen and oxygen atoms in total. The number of carbonyl (C=O) groups is 4. The largest absolute Gasteiger partial charge is 0.504 e. The minimum absolute atomic E-state index is 0.0591. The van der Waals surface area contributed by atoms with Crippen LogP contribution in [-0.4, -0.2) is 45.8 Å². The summed E-state index contributed by atoms with van der Waals surface area (Å²) in [7, 11) is 1.46. The third kappa shape index (κ3) is 4.67. The van der Waals surface area contributed by atoms with Gasteiger partial charge in [0, 0.05) is 5.92 Å². The van der Waals surface area contributed by atoms with Gasteiger partial charge in [-0.15, -0.1) is 0 Å². The van der Waals surface area contributed by atoms with E-state index in [2.05, 4.69) is 5.43 Å². The maximum Gasteiger partial charge on any atom is 0.260 e. The molecule has 6 atom stereocenters. The van der Waals surface area contributed by atoms with Crippen LogP contribution in [0.4, 0.5) is 5.69 Å². The second-order valence-electron chi connectivity index (χ2n) is 13.8. The zero-order chi connectivity index (χ0) is 34.7. The summed E-state index contributed by atoms with van der Waals surface area (Å²) in [6.07, 6.45) is 2.57. The maximum atomic E-state index is 15.2. The number of imide groups is 2. The van der Waals surface area contributed by atoms with Crippen LogP contribution in [0.25, 0.3) is 0 Å². The molecule has 1 saturated carbocycles. The number of benzene rings is 4. The van der Waals surface area contributed by atoms with E-state index in [4.69, 9.17) is 4.74 Å². The summed E-state index contributed by atoms with van der Waals surface area (Å²) >= 11 is 0. The van der Waals surface area contributed by atoms with Gasteiger partial charge in [0.15, 0.2) is 11.5 Å². The monoisotopic (exact) mass is 667 g/mol. The minimum Gasteiger partial charge on any atom is -0.504 e. The number of likely N-dealkylation sites (tertiary alicyclic amines) is 1. The van der Waals surface area contributed by atoms with E-state index in [1.165, 1.54) is 18.1 Å². The van der Waals surface area contributed by atoms with E-state index in [0.717, 1.165) is 21.7 Å². The summed E-state index contributed by atoms with van der Waals surface area (Å²) in [5.74, 6) is -4.39. The molecule has 4 aromatic carbocycles. The lowest BCUT2D eigenvalue weighted by atomic mass is 9.49. The zero-order valence-electron chi connectivity index (χ0n) is 27.8. The molecule has 2 N–H and O–H groups in total. The molecule has 0 aromatic heterocycles. The first-order valence-corrected chi connectivity index (χ1v) is 17.0. The second-order valence-corrected chi connectivity index (χ2v) is 13.8. The molecule has 4 aromatic rings. The number of hydrazine groups is 1. The van der Waals surface area contributed by atoms with E-state index in [0.29, 0.717) is 23.2 Å². The predicted octanol–water partition coefficient (Wildman–Crippen LogP) is 5.89. The fourth-order valence-electron chi connectivity index (χ4n) is 8.98. The summed E-state index contributed by atoms with van der Waals surface area (Å²) < 4.78 is 5.54. The lowest BCUT2D eigenvalue weighted by Crippen LogP contribution is -2.53. The van der Waals surface area contributed by atoms with Gasteiger partial charge in [0.2, 0.25) is 11.8 Å². The maximum absolute atomic E-state index is 15.2. The van der Waals surface area contributed by atoms with Gasteiger partial charge in [0.25, 0.3) is 11.8 Å². The van der Waals surface area contributed by atoms with Crippen LogP contribution in [0.15, 0.2) is 115 Å². The summed E-state index contributed by atoms with van der Waals surface area (Å²) in [6.45, 7) is 2.14. The molecule has 2 heterocycles. The number of ether oxygens (including phenoxy) is 1. The number of amides is 4. The second kappa shape index (κ2) is 12.0. The van der Waals surface area contributed by atoms with Gasteiger partial charge >= 0.3 is 0 Å². The van der Waals surface area contributed by atoms with Crippen molar-refractivity contribution in [1.29, 1.82) is 0 Å². The Morgan fingerprint density at radius 1 is 0.840 bits per heavy atom. The van der Waals surface area contributed by atoms with Gasteiger partial charge in [-0.3, -0.25) is 29.5 Å². The number of fused-ring (bicyclic) bond motifs is 4. The Hall–Kier alpha value is -5.70. The predicted molar refractivity (Wildman–Crippen MR) is 185 cm³/mol. The molecule has 0 radical (unpaired) electrons. The van der Waals surface area contributed by atoms with Crippen LogP contribution in [0.2, 0.25) is 0 Å². The molecule has 2 saturated heterocycles. The SMILES string of the molecule is COc1cc([C@H]2C3=CC[C@@H]4C(=O)N(Cc5ccccc5)C(=O)[C@@H]4[C@@H]3C[C@H]3C(=O)N(Nc4ccc(C)cc4)C(=O)[C@@]23c2ccccc2)ccc1O. The molecule has 4 aliphatic rings. The number of rotatable bonds is 7. The van der Waals surface area contributed by atoms with Crippen molar-refractivity contribution in [3.8, 4) is 11.5 Å². The van der Waals surface area contributed by atoms with Crippen LogP contribution in [-0.2, 0) is 31.1 Å². The molecule has 0 bridgehead atoms. The first kappa shape index (κ1) is 31.6.